The van der Waals surface area contributed by atoms with Crippen molar-refractivity contribution < 1.29 is 9.90 Å². The SMILES string of the molecule is Nc1nc(CCC(=O)N2CCN(Cc3ccccc3)C[C@@H](O)C2)cs1. The molecule has 134 valence electrons. The van der Waals surface area contributed by atoms with Gasteiger partial charge in [-0.25, -0.2) is 4.98 Å². The van der Waals surface area contributed by atoms with Crippen molar-refractivity contribution in [2.24, 2.45) is 0 Å². The minimum Gasteiger partial charge on any atom is -0.390 e. The second kappa shape index (κ2) is 8.42. The number of hydrogen-bond acceptors (Lipinski definition) is 6. The molecule has 0 bridgehead atoms. The van der Waals surface area contributed by atoms with Crippen LogP contribution in [0.4, 0.5) is 5.13 Å². The molecule has 1 aromatic carbocycles. The number of anilines is 1. The number of nitrogen functional groups attached to an aromatic ring is 1. The Bertz CT molecular complexity index is 691. The van der Waals surface area contributed by atoms with Crippen LogP contribution in [0.3, 0.4) is 0 Å². The number of carbonyl (C=O) groups is 1. The van der Waals surface area contributed by atoms with Gasteiger partial charge >= 0.3 is 0 Å². The molecule has 1 amide bonds. The zero-order valence-electron chi connectivity index (χ0n) is 14.2. The highest BCUT2D eigenvalue weighted by atomic mass is 32.1. The fourth-order valence-electron chi connectivity index (χ4n) is 3.10. The molecule has 1 fully saturated rings. The molecular weight excluding hydrogens is 336 g/mol. The van der Waals surface area contributed by atoms with E-state index < -0.39 is 6.10 Å². The quantitative estimate of drug-likeness (QED) is 0.841. The number of aryl methyl sites for hydroxylation is 1. The van der Waals surface area contributed by atoms with Crippen LogP contribution in [0.5, 0.6) is 0 Å². The summed E-state index contributed by atoms with van der Waals surface area (Å²) in [7, 11) is 0. The highest BCUT2D eigenvalue weighted by Gasteiger charge is 2.24. The van der Waals surface area contributed by atoms with Crippen LogP contribution in [0, 0.1) is 0 Å². The van der Waals surface area contributed by atoms with Gasteiger partial charge in [0.25, 0.3) is 0 Å². The number of aliphatic hydroxyl groups is 1. The van der Waals surface area contributed by atoms with Gasteiger partial charge in [0.2, 0.25) is 5.91 Å². The molecule has 2 aromatic rings. The van der Waals surface area contributed by atoms with E-state index in [9.17, 15) is 9.90 Å². The first kappa shape index (κ1) is 17.8. The molecule has 6 nitrogen and oxygen atoms in total. The van der Waals surface area contributed by atoms with Crippen LogP contribution in [-0.2, 0) is 17.8 Å². The number of β-amino-alcohol motifs (C(OH)–C–C–N with tert-alkyl or cyclic N) is 1. The molecule has 0 spiro atoms. The van der Waals surface area contributed by atoms with Gasteiger partial charge in [0.15, 0.2) is 5.13 Å². The molecule has 1 atom stereocenters. The zero-order valence-corrected chi connectivity index (χ0v) is 15.0. The number of aromatic nitrogens is 1. The number of benzene rings is 1. The predicted molar refractivity (Wildman–Crippen MR) is 99.2 cm³/mol. The van der Waals surface area contributed by atoms with E-state index in [1.807, 2.05) is 23.6 Å². The van der Waals surface area contributed by atoms with Crippen LogP contribution in [0.1, 0.15) is 17.7 Å². The number of hydrogen-bond donors (Lipinski definition) is 2. The van der Waals surface area contributed by atoms with Crippen molar-refractivity contribution in [2.75, 3.05) is 31.9 Å². The monoisotopic (exact) mass is 360 g/mol. The van der Waals surface area contributed by atoms with Gasteiger partial charge in [0, 0.05) is 44.5 Å². The summed E-state index contributed by atoms with van der Waals surface area (Å²) < 4.78 is 0. The topological polar surface area (TPSA) is 82.7 Å². The number of carbonyl (C=O) groups excluding carboxylic acids is 1. The summed E-state index contributed by atoms with van der Waals surface area (Å²) in [4.78, 5) is 20.6. The van der Waals surface area contributed by atoms with Gasteiger partial charge in [-0.15, -0.1) is 11.3 Å². The maximum Gasteiger partial charge on any atom is 0.223 e. The lowest BCUT2D eigenvalue weighted by Crippen LogP contribution is -2.37. The second-order valence-electron chi connectivity index (χ2n) is 6.39. The molecule has 0 aliphatic carbocycles. The van der Waals surface area contributed by atoms with Gasteiger partial charge in [-0.1, -0.05) is 30.3 Å². The van der Waals surface area contributed by atoms with Crippen LogP contribution >= 0.6 is 11.3 Å². The summed E-state index contributed by atoms with van der Waals surface area (Å²) in [6.45, 7) is 3.17. The van der Waals surface area contributed by atoms with Gasteiger partial charge in [-0.3, -0.25) is 9.69 Å². The molecule has 1 aliphatic rings. The van der Waals surface area contributed by atoms with Crippen molar-refractivity contribution in [3.63, 3.8) is 0 Å². The second-order valence-corrected chi connectivity index (χ2v) is 7.28. The third-order valence-electron chi connectivity index (χ3n) is 4.35. The molecule has 0 saturated carbocycles. The van der Waals surface area contributed by atoms with Crippen molar-refractivity contribution in [3.8, 4) is 0 Å². The Morgan fingerprint density at radius 1 is 1.28 bits per heavy atom. The van der Waals surface area contributed by atoms with E-state index in [1.54, 1.807) is 4.90 Å². The largest absolute Gasteiger partial charge is 0.390 e. The van der Waals surface area contributed by atoms with E-state index in [1.165, 1.54) is 16.9 Å². The third kappa shape index (κ3) is 5.26. The summed E-state index contributed by atoms with van der Waals surface area (Å²) in [5.41, 5.74) is 7.70. The lowest BCUT2D eigenvalue weighted by atomic mass is 10.2. The normalized spacial score (nSPS) is 18.9. The molecule has 1 aliphatic heterocycles. The van der Waals surface area contributed by atoms with Crippen LogP contribution in [0.25, 0.3) is 0 Å². The number of nitrogens with two attached hydrogens (primary N) is 1. The van der Waals surface area contributed by atoms with Crippen LogP contribution < -0.4 is 5.73 Å². The maximum absolute atomic E-state index is 12.5. The molecule has 7 heteroatoms. The Morgan fingerprint density at radius 3 is 2.80 bits per heavy atom. The average Bonchev–Trinajstić information content (AvgIpc) is 2.93. The predicted octanol–water partition coefficient (Wildman–Crippen LogP) is 1.36. The highest BCUT2D eigenvalue weighted by Crippen LogP contribution is 2.14. The molecule has 3 N–H and O–H groups in total. The first-order valence-corrected chi connectivity index (χ1v) is 9.40. The van der Waals surface area contributed by atoms with Crippen molar-refractivity contribution in [3.05, 3.63) is 47.0 Å². The zero-order chi connectivity index (χ0) is 17.6. The summed E-state index contributed by atoms with van der Waals surface area (Å²) in [5, 5.41) is 12.7. The molecule has 3 rings (SSSR count). The lowest BCUT2D eigenvalue weighted by molar-refractivity contribution is -0.132. The van der Waals surface area contributed by atoms with E-state index in [0.717, 1.165) is 18.8 Å². The number of amides is 1. The summed E-state index contributed by atoms with van der Waals surface area (Å²) in [5.74, 6) is 0.0622. The van der Waals surface area contributed by atoms with Crippen molar-refractivity contribution in [1.29, 1.82) is 0 Å². The Balaban J connectivity index is 1.52. The average molecular weight is 360 g/mol. The van der Waals surface area contributed by atoms with Gasteiger partial charge in [0.05, 0.1) is 11.8 Å². The summed E-state index contributed by atoms with van der Waals surface area (Å²) in [6.07, 6.45) is 0.464. The van der Waals surface area contributed by atoms with E-state index in [0.29, 0.717) is 37.6 Å². The van der Waals surface area contributed by atoms with Crippen LogP contribution in [-0.4, -0.2) is 58.1 Å². The molecule has 0 radical (unpaired) electrons. The fraction of sp³-hybridized carbons (Fsp3) is 0.444. The van der Waals surface area contributed by atoms with Crippen molar-refractivity contribution in [2.45, 2.75) is 25.5 Å². The number of aliphatic hydroxyl groups excluding tert-OH is 1. The van der Waals surface area contributed by atoms with Crippen molar-refractivity contribution in [1.82, 2.24) is 14.8 Å². The van der Waals surface area contributed by atoms with Gasteiger partial charge in [-0.2, -0.15) is 0 Å². The molecule has 1 aromatic heterocycles. The summed E-state index contributed by atoms with van der Waals surface area (Å²) >= 11 is 1.39. The van der Waals surface area contributed by atoms with E-state index in [-0.39, 0.29) is 5.91 Å². The Kier molecular flexibility index (Phi) is 6.01. The Morgan fingerprint density at radius 2 is 2.08 bits per heavy atom. The number of nitrogens with zero attached hydrogens (tertiary/aromatic N) is 3. The third-order valence-corrected chi connectivity index (χ3v) is 5.08. The van der Waals surface area contributed by atoms with E-state index in [4.69, 9.17) is 5.73 Å². The first-order chi connectivity index (χ1) is 12.1. The Hall–Kier alpha value is -1.96. The van der Waals surface area contributed by atoms with Gasteiger partial charge in [0.1, 0.15) is 0 Å². The molecule has 25 heavy (non-hydrogen) atoms. The van der Waals surface area contributed by atoms with Gasteiger partial charge in [-0.05, 0) is 12.0 Å². The molecule has 1 saturated heterocycles. The molecule has 0 unspecified atom stereocenters. The van der Waals surface area contributed by atoms with Crippen LogP contribution in [0.2, 0.25) is 0 Å². The van der Waals surface area contributed by atoms with E-state index in [2.05, 4.69) is 22.0 Å². The van der Waals surface area contributed by atoms with E-state index >= 15 is 0 Å². The first-order valence-electron chi connectivity index (χ1n) is 8.52. The minimum atomic E-state index is -0.523. The standard InChI is InChI=1S/C18H24N4O2S/c19-18-20-15(13-25-18)6-7-17(24)22-9-8-21(11-16(23)12-22)10-14-4-2-1-3-5-14/h1-5,13,16,23H,6-12H2,(H2,19,20)/t16-/m1/s1. The smallest absolute Gasteiger partial charge is 0.223 e. The Labute approximate surface area is 151 Å². The highest BCUT2D eigenvalue weighted by molar-refractivity contribution is 7.13. The lowest BCUT2D eigenvalue weighted by Gasteiger charge is -2.21. The van der Waals surface area contributed by atoms with Crippen LogP contribution in [0.15, 0.2) is 35.7 Å². The number of rotatable bonds is 5. The van der Waals surface area contributed by atoms with Gasteiger partial charge < -0.3 is 15.7 Å². The molecule has 2 heterocycles. The van der Waals surface area contributed by atoms with Crippen molar-refractivity contribution >= 4 is 22.4 Å². The number of thiazole rings is 1. The summed E-state index contributed by atoms with van der Waals surface area (Å²) in [6, 6.07) is 10.2. The fourth-order valence-corrected chi connectivity index (χ4v) is 3.69. The maximum atomic E-state index is 12.5. The molecular formula is C18H24N4O2S. The minimum absolute atomic E-state index is 0.0622.